The molecule has 0 unspecified atom stereocenters. The number of aromatic nitrogens is 8. The third-order valence-corrected chi connectivity index (χ3v) is 5.92. The lowest BCUT2D eigenvalue weighted by molar-refractivity contribution is 0.686. The monoisotopic (exact) mass is 446 g/mol. The van der Waals surface area contributed by atoms with Crippen LogP contribution in [0.25, 0.3) is 28.4 Å². The van der Waals surface area contributed by atoms with Crippen LogP contribution >= 0.6 is 11.6 Å². The molecule has 0 bridgehead atoms. The van der Waals surface area contributed by atoms with Crippen molar-refractivity contribution < 1.29 is 0 Å². The Morgan fingerprint density at radius 3 is 2.66 bits per heavy atom. The highest BCUT2D eigenvalue weighted by Crippen LogP contribution is 2.27. The van der Waals surface area contributed by atoms with E-state index in [0.29, 0.717) is 17.5 Å². The van der Waals surface area contributed by atoms with Crippen molar-refractivity contribution in [2.75, 3.05) is 0 Å². The van der Waals surface area contributed by atoms with E-state index in [0.717, 1.165) is 53.2 Å². The van der Waals surface area contributed by atoms with Gasteiger partial charge in [-0.1, -0.05) is 37.1 Å². The first-order valence-electron chi connectivity index (χ1n) is 10.7. The molecule has 0 aliphatic heterocycles. The van der Waals surface area contributed by atoms with Gasteiger partial charge in [-0.05, 0) is 65.2 Å². The number of pyridine rings is 1. The van der Waals surface area contributed by atoms with Gasteiger partial charge in [0.1, 0.15) is 16.5 Å². The standard InChI is InChI=1S/C23H23ClN8/c1-3-4-5-20-26-21-15(2)12-13-25-23(21)31(20)14-16-6-8-17(9-7-16)32-18(10-11-19(32)24)22-27-29-30-28-22/h6-13H,3-5,14H2,1-2H3,(H,27,28,29,30). The second-order valence-corrected chi connectivity index (χ2v) is 8.20. The third kappa shape index (κ3) is 3.67. The maximum Gasteiger partial charge on any atom is 0.196 e. The summed E-state index contributed by atoms with van der Waals surface area (Å²) in [6.07, 6.45) is 5.03. The Kier molecular flexibility index (Phi) is 5.45. The number of fused-ring (bicyclic) bond motifs is 1. The fourth-order valence-corrected chi connectivity index (χ4v) is 4.19. The Labute approximate surface area is 190 Å². The first-order chi connectivity index (χ1) is 15.7. The van der Waals surface area contributed by atoms with E-state index in [4.69, 9.17) is 16.6 Å². The van der Waals surface area contributed by atoms with Crippen LogP contribution in [0.3, 0.4) is 0 Å². The topological polar surface area (TPSA) is 90.1 Å². The first kappa shape index (κ1) is 20.4. The number of H-pyrrole nitrogens is 1. The predicted octanol–water partition coefficient (Wildman–Crippen LogP) is 4.75. The number of aromatic amines is 1. The average molecular weight is 447 g/mol. The highest BCUT2D eigenvalue weighted by molar-refractivity contribution is 6.30. The van der Waals surface area contributed by atoms with Crippen LogP contribution in [0.5, 0.6) is 0 Å². The SMILES string of the molecule is CCCCc1nc2c(C)ccnc2n1Cc1ccc(-n2c(Cl)ccc2-c2nnn[nH]2)cc1. The van der Waals surface area contributed by atoms with Gasteiger partial charge in [0.15, 0.2) is 11.5 Å². The van der Waals surface area contributed by atoms with Gasteiger partial charge in [-0.3, -0.25) is 4.57 Å². The lowest BCUT2D eigenvalue weighted by atomic mass is 10.2. The van der Waals surface area contributed by atoms with Gasteiger partial charge in [-0.25, -0.2) is 15.1 Å². The van der Waals surface area contributed by atoms with Crippen molar-refractivity contribution in [2.24, 2.45) is 0 Å². The molecule has 0 saturated carbocycles. The molecule has 0 aliphatic carbocycles. The molecule has 32 heavy (non-hydrogen) atoms. The second-order valence-electron chi connectivity index (χ2n) is 7.81. The average Bonchev–Trinajstić information content (AvgIpc) is 3.53. The summed E-state index contributed by atoms with van der Waals surface area (Å²) in [6, 6.07) is 14.1. The number of tetrazole rings is 1. The molecule has 8 nitrogen and oxygen atoms in total. The Morgan fingerprint density at radius 2 is 1.91 bits per heavy atom. The predicted molar refractivity (Wildman–Crippen MR) is 124 cm³/mol. The van der Waals surface area contributed by atoms with Crippen molar-refractivity contribution in [3.63, 3.8) is 0 Å². The molecule has 4 heterocycles. The van der Waals surface area contributed by atoms with E-state index in [2.05, 4.69) is 68.3 Å². The molecule has 4 aromatic heterocycles. The normalized spacial score (nSPS) is 11.5. The molecule has 5 rings (SSSR count). The summed E-state index contributed by atoms with van der Waals surface area (Å²) < 4.78 is 4.15. The Hall–Kier alpha value is -3.52. The summed E-state index contributed by atoms with van der Waals surface area (Å²) in [7, 11) is 0. The quantitative estimate of drug-likeness (QED) is 0.389. The molecule has 0 saturated heterocycles. The first-order valence-corrected chi connectivity index (χ1v) is 11.0. The molecule has 0 spiro atoms. The van der Waals surface area contributed by atoms with Gasteiger partial charge in [0.05, 0.1) is 12.2 Å². The van der Waals surface area contributed by atoms with Crippen molar-refractivity contribution in [2.45, 2.75) is 39.7 Å². The van der Waals surface area contributed by atoms with E-state index in [1.165, 1.54) is 5.56 Å². The minimum atomic E-state index is 0.563. The van der Waals surface area contributed by atoms with Crippen molar-refractivity contribution in [3.8, 4) is 17.2 Å². The van der Waals surface area contributed by atoms with Crippen molar-refractivity contribution in [1.82, 2.24) is 39.7 Å². The van der Waals surface area contributed by atoms with Crippen LogP contribution < -0.4 is 0 Å². The molecule has 0 aliphatic rings. The fourth-order valence-electron chi connectivity index (χ4n) is 3.94. The number of halogens is 1. The maximum atomic E-state index is 6.46. The number of unbranched alkanes of at least 4 members (excludes halogenated alkanes) is 1. The van der Waals surface area contributed by atoms with E-state index in [9.17, 15) is 0 Å². The minimum Gasteiger partial charge on any atom is -0.308 e. The summed E-state index contributed by atoms with van der Waals surface area (Å²) in [5.74, 6) is 1.65. The van der Waals surface area contributed by atoms with Crippen LogP contribution in [0.1, 0.15) is 36.7 Å². The highest BCUT2D eigenvalue weighted by atomic mass is 35.5. The number of hydrogen-bond acceptors (Lipinski definition) is 5. The number of aryl methyl sites for hydroxylation is 2. The van der Waals surface area contributed by atoms with Gasteiger partial charge < -0.3 is 4.57 Å². The van der Waals surface area contributed by atoms with Gasteiger partial charge in [0.25, 0.3) is 0 Å². The van der Waals surface area contributed by atoms with Gasteiger partial charge >= 0.3 is 0 Å². The number of imidazole rings is 1. The lowest BCUT2D eigenvalue weighted by Crippen LogP contribution is -2.06. The second kappa shape index (κ2) is 8.55. The molecule has 5 aromatic rings. The van der Waals surface area contributed by atoms with Crippen LogP contribution in [0, 0.1) is 6.92 Å². The minimum absolute atomic E-state index is 0.563. The summed E-state index contributed by atoms with van der Waals surface area (Å²) in [6.45, 7) is 5.00. The van der Waals surface area contributed by atoms with Crippen molar-refractivity contribution >= 4 is 22.8 Å². The highest BCUT2D eigenvalue weighted by Gasteiger charge is 2.15. The molecule has 162 valence electrons. The fraction of sp³-hybridized carbons (Fsp3) is 0.261. The van der Waals surface area contributed by atoms with E-state index in [1.807, 2.05) is 29.0 Å². The smallest absolute Gasteiger partial charge is 0.196 e. The van der Waals surface area contributed by atoms with Crippen molar-refractivity contribution in [3.05, 3.63) is 70.8 Å². The summed E-state index contributed by atoms with van der Waals surface area (Å²) in [4.78, 5) is 9.55. The zero-order valence-corrected chi connectivity index (χ0v) is 18.7. The van der Waals surface area contributed by atoms with Gasteiger partial charge in [-0.2, -0.15) is 0 Å². The van der Waals surface area contributed by atoms with Gasteiger partial charge in [0, 0.05) is 18.3 Å². The van der Waals surface area contributed by atoms with Crippen LogP contribution in [0.2, 0.25) is 5.15 Å². The molecule has 1 N–H and O–H groups in total. The molecule has 0 fully saturated rings. The molecule has 0 atom stereocenters. The van der Waals surface area contributed by atoms with Crippen molar-refractivity contribution in [1.29, 1.82) is 0 Å². The van der Waals surface area contributed by atoms with E-state index in [1.54, 1.807) is 0 Å². The maximum absolute atomic E-state index is 6.46. The summed E-state index contributed by atoms with van der Waals surface area (Å²) >= 11 is 6.46. The van der Waals surface area contributed by atoms with Crippen LogP contribution in [0.15, 0.2) is 48.7 Å². The van der Waals surface area contributed by atoms with Gasteiger partial charge in [0.2, 0.25) is 0 Å². The number of hydrogen-bond donors (Lipinski definition) is 1. The zero-order valence-electron chi connectivity index (χ0n) is 18.0. The zero-order chi connectivity index (χ0) is 22.1. The Balaban J connectivity index is 1.49. The number of nitrogens with one attached hydrogen (secondary N) is 1. The van der Waals surface area contributed by atoms with Crippen LogP contribution in [-0.2, 0) is 13.0 Å². The molecule has 0 amide bonds. The third-order valence-electron chi connectivity index (χ3n) is 5.63. The van der Waals surface area contributed by atoms with Crippen LogP contribution in [-0.4, -0.2) is 39.7 Å². The van der Waals surface area contributed by atoms with Crippen LogP contribution in [0.4, 0.5) is 0 Å². The molecular formula is C23H23ClN8. The van der Waals surface area contributed by atoms with E-state index in [-0.39, 0.29) is 0 Å². The molecule has 9 heteroatoms. The molecular weight excluding hydrogens is 424 g/mol. The largest absolute Gasteiger partial charge is 0.308 e. The Morgan fingerprint density at radius 1 is 1.06 bits per heavy atom. The Bertz CT molecular complexity index is 1350. The molecule has 0 radical (unpaired) electrons. The van der Waals surface area contributed by atoms with Gasteiger partial charge in [-0.15, -0.1) is 5.10 Å². The van der Waals surface area contributed by atoms with E-state index < -0.39 is 0 Å². The summed E-state index contributed by atoms with van der Waals surface area (Å²) in [5.41, 5.74) is 5.98. The number of nitrogens with zero attached hydrogens (tertiary/aromatic N) is 7. The lowest BCUT2D eigenvalue weighted by Gasteiger charge is -2.12. The summed E-state index contributed by atoms with van der Waals surface area (Å²) in [5, 5.41) is 14.7. The number of benzene rings is 1. The number of rotatable bonds is 7. The van der Waals surface area contributed by atoms with E-state index >= 15 is 0 Å². The molecule has 1 aromatic carbocycles.